The zero-order valence-corrected chi connectivity index (χ0v) is 15.7. The van der Waals surface area contributed by atoms with Gasteiger partial charge in [-0.15, -0.1) is 0 Å². The van der Waals surface area contributed by atoms with Gasteiger partial charge in [0.2, 0.25) is 0 Å². The van der Waals surface area contributed by atoms with E-state index in [1.807, 2.05) is 0 Å². The lowest BCUT2D eigenvalue weighted by Gasteiger charge is -2.10. The van der Waals surface area contributed by atoms with Gasteiger partial charge in [-0.05, 0) is 42.0 Å². The molecule has 27 heavy (non-hydrogen) atoms. The summed E-state index contributed by atoms with van der Waals surface area (Å²) >= 11 is 3.37. The number of rotatable bonds is 5. The van der Waals surface area contributed by atoms with E-state index in [0.717, 1.165) is 14.9 Å². The van der Waals surface area contributed by atoms with Crippen molar-refractivity contribution in [2.45, 2.75) is 6.61 Å². The Morgan fingerprint density at radius 3 is 2.52 bits per heavy atom. The van der Waals surface area contributed by atoms with Crippen molar-refractivity contribution in [1.29, 1.82) is 0 Å². The largest absolute Gasteiger partial charge is 0.488 e. The number of carbonyl (C=O) groups is 2. The second kappa shape index (κ2) is 7.58. The third-order valence-electron chi connectivity index (χ3n) is 3.89. The second-order valence-corrected chi connectivity index (χ2v) is 6.66. The number of benzene rings is 2. The van der Waals surface area contributed by atoms with Crippen molar-refractivity contribution in [2.24, 2.45) is 0 Å². The lowest BCUT2D eigenvalue weighted by atomic mass is 10.1. The van der Waals surface area contributed by atoms with Gasteiger partial charge in [0, 0.05) is 29.2 Å². The number of urea groups is 1. The molecule has 3 rings (SSSR count). The average molecular weight is 432 g/mol. The molecule has 3 amide bonds. The number of nitro benzene ring substituents is 1. The van der Waals surface area contributed by atoms with Gasteiger partial charge in [-0.2, -0.15) is 0 Å². The molecule has 8 nitrogen and oxygen atoms in total. The van der Waals surface area contributed by atoms with Crippen molar-refractivity contribution in [3.63, 3.8) is 0 Å². The van der Waals surface area contributed by atoms with Gasteiger partial charge in [0.15, 0.2) is 0 Å². The van der Waals surface area contributed by atoms with Gasteiger partial charge in [-0.3, -0.25) is 19.8 Å². The molecule has 0 atom stereocenters. The molecule has 1 aliphatic rings. The van der Waals surface area contributed by atoms with Crippen LogP contribution in [0.15, 0.2) is 52.6 Å². The van der Waals surface area contributed by atoms with E-state index in [2.05, 4.69) is 21.2 Å². The molecule has 0 unspecified atom stereocenters. The van der Waals surface area contributed by atoms with E-state index in [1.54, 1.807) is 36.4 Å². The van der Waals surface area contributed by atoms with Gasteiger partial charge in [-0.1, -0.05) is 15.9 Å². The van der Waals surface area contributed by atoms with E-state index < -0.39 is 16.9 Å². The first-order valence-electron chi connectivity index (χ1n) is 7.81. The Labute approximate surface area is 162 Å². The maximum atomic E-state index is 12.0. The van der Waals surface area contributed by atoms with Crippen LogP contribution in [-0.2, 0) is 11.4 Å². The summed E-state index contributed by atoms with van der Waals surface area (Å²) in [7, 11) is 1.39. The number of nitro groups is 1. The van der Waals surface area contributed by atoms with Crippen LogP contribution < -0.4 is 10.1 Å². The minimum atomic E-state index is -0.491. The molecule has 1 saturated heterocycles. The van der Waals surface area contributed by atoms with E-state index in [1.165, 1.54) is 19.2 Å². The monoisotopic (exact) mass is 431 g/mol. The van der Waals surface area contributed by atoms with Crippen LogP contribution in [-0.4, -0.2) is 28.8 Å². The molecule has 9 heteroatoms. The summed E-state index contributed by atoms with van der Waals surface area (Å²) in [6, 6.07) is 10.8. The molecule has 2 aromatic carbocycles. The predicted octanol–water partition coefficient (Wildman–Crippen LogP) is 3.46. The van der Waals surface area contributed by atoms with E-state index in [4.69, 9.17) is 4.74 Å². The van der Waals surface area contributed by atoms with Gasteiger partial charge in [-0.25, -0.2) is 4.79 Å². The molecule has 2 aromatic rings. The Morgan fingerprint density at radius 2 is 1.93 bits per heavy atom. The first-order valence-corrected chi connectivity index (χ1v) is 8.61. The van der Waals surface area contributed by atoms with Crippen molar-refractivity contribution >= 4 is 39.6 Å². The van der Waals surface area contributed by atoms with Crippen molar-refractivity contribution in [2.75, 3.05) is 7.05 Å². The number of hydrogen-bond donors (Lipinski definition) is 1. The first kappa shape index (κ1) is 18.6. The fraction of sp³-hybridized carbons (Fsp3) is 0.111. The van der Waals surface area contributed by atoms with E-state index in [0.29, 0.717) is 11.3 Å². The fourth-order valence-corrected chi connectivity index (χ4v) is 2.80. The quantitative estimate of drug-likeness (QED) is 0.338. The number of hydrogen-bond acceptors (Lipinski definition) is 5. The molecule has 1 aliphatic heterocycles. The molecule has 0 aliphatic carbocycles. The molecule has 0 spiro atoms. The van der Waals surface area contributed by atoms with Crippen molar-refractivity contribution in [3.8, 4) is 5.75 Å². The number of likely N-dealkylation sites (N-methyl/N-ethyl adjacent to an activating group) is 1. The summed E-state index contributed by atoms with van der Waals surface area (Å²) < 4.78 is 6.58. The highest BCUT2D eigenvalue weighted by Gasteiger charge is 2.30. The topological polar surface area (TPSA) is 102 Å². The van der Waals surface area contributed by atoms with Crippen LogP contribution in [0.5, 0.6) is 5.75 Å². The lowest BCUT2D eigenvalue weighted by Crippen LogP contribution is -2.25. The van der Waals surface area contributed by atoms with Crippen LogP contribution in [0.2, 0.25) is 0 Å². The van der Waals surface area contributed by atoms with Gasteiger partial charge in [0.25, 0.3) is 11.6 Å². The zero-order chi connectivity index (χ0) is 19.6. The van der Waals surface area contributed by atoms with Crippen LogP contribution in [0, 0.1) is 10.1 Å². The standard InChI is InChI=1S/C18H14BrN3O5/c1-21-17(23)15(20-18(21)24)9-12-8-13(19)4-7-16(12)27-10-11-2-5-14(6-3-11)22(25)26/h2-9H,10H2,1H3,(H,20,24)/b15-9+. The summed E-state index contributed by atoms with van der Waals surface area (Å²) in [5, 5.41) is 13.2. The number of amides is 3. The van der Waals surface area contributed by atoms with E-state index in [-0.39, 0.29) is 18.0 Å². The molecule has 0 radical (unpaired) electrons. The summed E-state index contributed by atoms with van der Waals surface area (Å²) in [5.74, 6) is 0.0712. The number of ether oxygens (including phenoxy) is 1. The normalized spacial score (nSPS) is 15.2. The lowest BCUT2D eigenvalue weighted by molar-refractivity contribution is -0.384. The molecule has 1 fully saturated rings. The number of carbonyl (C=O) groups excluding carboxylic acids is 2. The highest BCUT2D eigenvalue weighted by atomic mass is 79.9. The Morgan fingerprint density at radius 1 is 1.22 bits per heavy atom. The van der Waals surface area contributed by atoms with Crippen LogP contribution >= 0.6 is 15.9 Å². The summed E-state index contributed by atoms with van der Waals surface area (Å²) in [6.07, 6.45) is 1.54. The number of nitrogens with zero attached hydrogens (tertiary/aromatic N) is 2. The summed E-state index contributed by atoms with van der Waals surface area (Å²) in [4.78, 5) is 34.9. The molecular formula is C18H14BrN3O5. The molecule has 0 aromatic heterocycles. The zero-order valence-electron chi connectivity index (χ0n) is 14.1. The Balaban J connectivity index is 1.81. The predicted molar refractivity (Wildman–Crippen MR) is 101 cm³/mol. The maximum absolute atomic E-state index is 12.0. The number of imide groups is 1. The third kappa shape index (κ3) is 4.14. The van der Waals surface area contributed by atoms with Gasteiger partial charge < -0.3 is 10.1 Å². The summed E-state index contributed by atoms with van der Waals surface area (Å²) in [5.41, 5.74) is 1.52. The molecule has 1 heterocycles. The van der Waals surface area contributed by atoms with Gasteiger partial charge >= 0.3 is 6.03 Å². The van der Waals surface area contributed by atoms with Crippen molar-refractivity contribution < 1.29 is 19.2 Å². The Hall–Kier alpha value is -3.20. The number of nitrogens with one attached hydrogen (secondary N) is 1. The maximum Gasteiger partial charge on any atom is 0.328 e. The Kier molecular flexibility index (Phi) is 5.22. The second-order valence-electron chi connectivity index (χ2n) is 5.75. The summed E-state index contributed by atoms with van der Waals surface area (Å²) in [6.45, 7) is 0.190. The Bertz CT molecular complexity index is 956. The van der Waals surface area contributed by atoms with Crippen molar-refractivity contribution in [1.82, 2.24) is 10.2 Å². The van der Waals surface area contributed by atoms with Crippen LogP contribution in [0.25, 0.3) is 6.08 Å². The molecule has 0 saturated carbocycles. The number of halogens is 1. The fourth-order valence-electron chi connectivity index (χ4n) is 2.42. The molecular weight excluding hydrogens is 418 g/mol. The third-order valence-corrected chi connectivity index (χ3v) is 4.39. The van der Waals surface area contributed by atoms with Gasteiger partial charge in [0.1, 0.15) is 18.1 Å². The highest BCUT2D eigenvalue weighted by molar-refractivity contribution is 9.10. The minimum Gasteiger partial charge on any atom is -0.488 e. The number of non-ortho nitro benzene ring substituents is 1. The van der Waals surface area contributed by atoms with Gasteiger partial charge in [0.05, 0.1) is 4.92 Å². The molecule has 1 N–H and O–H groups in total. The SMILES string of the molecule is CN1C(=O)N/C(=C/c2cc(Br)ccc2OCc2ccc([N+](=O)[O-])cc2)C1=O. The average Bonchev–Trinajstić information content (AvgIpc) is 2.88. The van der Waals surface area contributed by atoms with E-state index in [9.17, 15) is 19.7 Å². The smallest absolute Gasteiger partial charge is 0.328 e. The molecule has 138 valence electrons. The highest BCUT2D eigenvalue weighted by Crippen LogP contribution is 2.27. The van der Waals surface area contributed by atoms with E-state index >= 15 is 0 Å². The van der Waals surface area contributed by atoms with Crippen molar-refractivity contribution in [3.05, 3.63) is 73.9 Å². The van der Waals surface area contributed by atoms with Crippen LogP contribution in [0.3, 0.4) is 0 Å². The molecule has 0 bridgehead atoms. The van der Waals surface area contributed by atoms with Crippen LogP contribution in [0.1, 0.15) is 11.1 Å². The first-order chi connectivity index (χ1) is 12.8. The minimum absolute atomic E-state index is 0.00687. The van der Waals surface area contributed by atoms with Crippen LogP contribution in [0.4, 0.5) is 10.5 Å².